The molecule has 0 atom stereocenters. The largest absolute Gasteiger partial charge is 0.483 e. The van der Waals surface area contributed by atoms with Gasteiger partial charge in [0, 0.05) is 11.6 Å². The standard InChI is InChI=1S/C19H12F2N2O3/c20-13-6-8-16(15(21)10-13)24-11-14-7-9-17(25-14)19-23-22-18(26-19)12-4-2-1-3-5-12/h1-10H,11H2. The summed E-state index contributed by atoms with van der Waals surface area (Å²) in [6.45, 7) is -0.0256. The minimum absolute atomic E-state index is 0.0256. The Labute approximate surface area is 146 Å². The maximum absolute atomic E-state index is 13.6. The highest BCUT2D eigenvalue weighted by Gasteiger charge is 2.14. The summed E-state index contributed by atoms with van der Waals surface area (Å²) < 4.78 is 42.9. The van der Waals surface area contributed by atoms with Crippen LogP contribution in [0.25, 0.3) is 23.1 Å². The second-order valence-corrected chi connectivity index (χ2v) is 5.41. The first-order chi connectivity index (χ1) is 12.7. The van der Waals surface area contributed by atoms with Gasteiger partial charge in [-0.15, -0.1) is 10.2 Å². The van der Waals surface area contributed by atoms with Crippen LogP contribution in [0.1, 0.15) is 5.76 Å². The monoisotopic (exact) mass is 354 g/mol. The van der Waals surface area contributed by atoms with Gasteiger partial charge in [-0.25, -0.2) is 8.78 Å². The molecule has 4 rings (SSSR count). The van der Waals surface area contributed by atoms with Crippen LogP contribution in [0.2, 0.25) is 0 Å². The Morgan fingerprint density at radius 2 is 1.65 bits per heavy atom. The first kappa shape index (κ1) is 16.0. The minimum atomic E-state index is -0.777. The summed E-state index contributed by atoms with van der Waals surface area (Å²) >= 11 is 0. The molecule has 0 N–H and O–H groups in total. The Morgan fingerprint density at radius 3 is 2.46 bits per heavy atom. The van der Waals surface area contributed by atoms with Crippen molar-refractivity contribution in [1.82, 2.24) is 10.2 Å². The number of halogens is 2. The van der Waals surface area contributed by atoms with E-state index in [-0.39, 0.29) is 18.2 Å². The van der Waals surface area contributed by atoms with E-state index in [0.717, 1.165) is 17.7 Å². The smallest absolute Gasteiger partial charge is 0.283 e. The van der Waals surface area contributed by atoms with Crippen LogP contribution in [-0.2, 0) is 6.61 Å². The van der Waals surface area contributed by atoms with E-state index in [9.17, 15) is 8.78 Å². The zero-order valence-corrected chi connectivity index (χ0v) is 13.4. The summed E-state index contributed by atoms with van der Waals surface area (Å²) in [7, 11) is 0. The van der Waals surface area contributed by atoms with Crippen LogP contribution in [0.5, 0.6) is 5.75 Å². The van der Waals surface area contributed by atoms with Crippen molar-refractivity contribution >= 4 is 0 Å². The van der Waals surface area contributed by atoms with Gasteiger partial charge in [-0.3, -0.25) is 0 Å². The number of hydrogen-bond acceptors (Lipinski definition) is 5. The van der Waals surface area contributed by atoms with E-state index in [2.05, 4.69) is 10.2 Å². The maximum Gasteiger partial charge on any atom is 0.283 e. The molecule has 0 saturated heterocycles. The number of benzene rings is 2. The highest BCUT2D eigenvalue weighted by Crippen LogP contribution is 2.26. The molecule has 0 radical (unpaired) electrons. The molecule has 4 aromatic rings. The lowest BCUT2D eigenvalue weighted by molar-refractivity contribution is 0.258. The third kappa shape index (κ3) is 3.32. The normalized spacial score (nSPS) is 10.8. The number of nitrogens with zero attached hydrogens (tertiary/aromatic N) is 2. The fourth-order valence-electron chi connectivity index (χ4n) is 2.33. The van der Waals surface area contributed by atoms with Crippen LogP contribution in [0.3, 0.4) is 0 Å². The molecule has 0 aliphatic carbocycles. The topological polar surface area (TPSA) is 61.3 Å². The van der Waals surface area contributed by atoms with Gasteiger partial charge in [0.05, 0.1) is 0 Å². The highest BCUT2D eigenvalue weighted by atomic mass is 19.1. The Bertz CT molecular complexity index is 1030. The number of furan rings is 1. The van der Waals surface area contributed by atoms with E-state index in [1.54, 1.807) is 12.1 Å². The predicted octanol–water partition coefficient (Wildman–Crippen LogP) is 4.85. The third-order valence-electron chi connectivity index (χ3n) is 3.58. The van der Waals surface area contributed by atoms with E-state index in [1.165, 1.54) is 6.07 Å². The van der Waals surface area contributed by atoms with Crippen molar-refractivity contribution in [1.29, 1.82) is 0 Å². The number of ether oxygens (including phenoxy) is 1. The van der Waals surface area contributed by atoms with Crippen molar-refractivity contribution in [3.8, 4) is 28.9 Å². The maximum atomic E-state index is 13.6. The highest BCUT2D eigenvalue weighted by molar-refractivity contribution is 5.54. The zero-order valence-electron chi connectivity index (χ0n) is 13.4. The Kier molecular flexibility index (Phi) is 4.18. The molecule has 2 aromatic carbocycles. The van der Waals surface area contributed by atoms with Crippen molar-refractivity contribution in [2.45, 2.75) is 6.61 Å². The molecule has 0 spiro atoms. The predicted molar refractivity (Wildman–Crippen MR) is 88.1 cm³/mol. The molecule has 2 heterocycles. The number of aromatic nitrogens is 2. The molecular formula is C19H12F2N2O3. The number of hydrogen-bond donors (Lipinski definition) is 0. The zero-order chi connectivity index (χ0) is 17.9. The lowest BCUT2D eigenvalue weighted by atomic mass is 10.2. The molecule has 130 valence electrons. The van der Waals surface area contributed by atoms with Gasteiger partial charge in [-0.1, -0.05) is 18.2 Å². The lowest BCUT2D eigenvalue weighted by Crippen LogP contribution is -1.96. The summed E-state index contributed by atoms with van der Waals surface area (Å²) in [6, 6.07) is 15.8. The van der Waals surface area contributed by atoms with Crippen molar-refractivity contribution in [2.24, 2.45) is 0 Å². The van der Waals surface area contributed by atoms with Gasteiger partial charge >= 0.3 is 0 Å². The molecule has 0 fully saturated rings. The van der Waals surface area contributed by atoms with E-state index in [1.807, 2.05) is 30.3 Å². The SMILES string of the molecule is Fc1ccc(OCc2ccc(-c3nnc(-c4ccccc4)o3)o2)c(F)c1. The van der Waals surface area contributed by atoms with E-state index in [0.29, 0.717) is 17.4 Å². The van der Waals surface area contributed by atoms with Gasteiger partial charge in [-0.05, 0) is 36.4 Å². The average Bonchev–Trinajstić information content (AvgIpc) is 3.31. The van der Waals surface area contributed by atoms with Crippen LogP contribution in [0, 0.1) is 11.6 Å². The van der Waals surface area contributed by atoms with Crippen molar-refractivity contribution in [3.63, 3.8) is 0 Å². The Morgan fingerprint density at radius 1 is 0.846 bits per heavy atom. The summed E-state index contributed by atoms with van der Waals surface area (Å²) in [5.41, 5.74) is 0.799. The Balaban J connectivity index is 1.47. The van der Waals surface area contributed by atoms with Crippen molar-refractivity contribution in [2.75, 3.05) is 0 Å². The molecule has 2 aromatic heterocycles. The van der Waals surface area contributed by atoms with Gasteiger partial charge in [-0.2, -0.15) is 0 Å². The van der Waals surface area contributed by atoms with Gasteiger partial charge in [0.25, 0.3) is 5.89 Å². The molecule has 0 amide bonds. The fourth-order valence-corrected chi connectivity index (χ4v) is 2.33. The van der Waals surface area contributed by atoms with Crippen LogP contribution in [0.4, 0.5) is 8.78 Å². The molecule has 0 unspecified atom stereocenters. The average molecular weight is 354 g/mol. The molecule has 7 heteroatoms. The van der Waals surface area contributed by atoms with Gasteiger partial charge in [0.15, 0.2) is 17.3 Å². The summed E-state index contributed by atoms with van der Waals surface area (Å²) in [5.74, 6) is -0.0947. The molecule has 0 aliphatic heterocycles. The first-order valence-electron chi connectivity index (χ1n) is 7.75. The van der Waals surface area contributed by atoms with Crippen LogP contribution < -0.4 is 4.74 Å². The van der Waals surface area contributed by atoms with E-state index >= 15 is 0 Å². The van der Waals surface area contributed by atoms with E-state index in [4.69, 9.17) is 13.6 Å². The van der Waals surface area contributed by atoms with E-state index < -0.39 is 11.6 Å². The first-order valence-corrected chi connectivity index (χ1v) is 7.75. The summed E-state index contributed by atoms with van der Waals surface area (Å²) in [6.07, 6.45) is 0. The Hall–Kier alpha value is -3.48. The van der Waals surface area contributed by atoms with Gasteiger partial charge in [0.1, 0.15) is 18.2 Å². The molecule has 0 aliphatic rings. The molecule has 0 bridgehead atoms. The second-order valence-electron chi connectivity index (χ2n) is 5.41. The van der Waals surface area contributed by atoms with Crippen LogP contribution in [-0.4, -0.2) is 10.2 Å². The van der Waals surface area contributed by atoms with Gasteiger partial charge in [0.2, 0.25) is 5.89 Å². The van der Waals surface area contributed by atoms with Gasteiger partial charge < -0.3 is 13.6 Å². The van der Waals surface area contributed by atoms with Crippen LogP contribution >= 0.6 is 0 Å². The fraction of sp³-hybridized carbons (Fsp3) is 0.0526. The number of rotatable bonds is 5. The summed E-state index contributed by atoms with van der Waals surface area (Å²) in [5, 5.41) is 7.96. The molecule has 0 saturated carbocycles. The second kappa shape index (κ2) is 6.79. The molecule has 5 nitrogen and oxygen atoms in total. The minimum Gasteiger partial charge on any atom is -0.483 e. The molecule has 26 heavy (non-hydrogen) atoms. The van der Waals surface area contributed by atoms with Crippen LogP contribution in [0.15, 0.2) is 69.5 Å². The third-order valence-corrected chi connectivity index (χ3v) is 3.58. The van der Waals surface area contributed by atoms with Crippen molar-refractivity contribution < 1.29 is 22.4 Å². The van der Waals surface area contributed by atoms with Crippen molar-refractivity contribution in [3.05, 3.63) is 78.1 Å². The quantitative estimate of drug-likeness (QED) is 0.512. The molecular weight excluding hydrogens is 342 g/mol. The lowest BCUT2D eigenvalue weighted by Gasteiger charge is -2.05. The summed E-state index contributed by atoms with van der Waals surface area (Å²) in [4.78, 5) is 0.